The summed E-state index contributed by atoms with van der Waals surface area (Å²) in [5.74, 6) is 0.124. The van der Waals surface area contributed by atoms with E-state index in [0.717, 1.165) is 42.8 Å². The first kappa shape index (κ1) is 22.7. The predicted octanol–water partition coefficient (Wildman–Crippen LogP) is 4.18. The smallest absolute Gasteiger partial charge is 0.257 e. The van der Waals surface area contributed by atoms with Gasteiger partial charge in [0, 0.05) is 30.9 Å². The fourth-order valence-electron chi connectivity index (χ4n) is 5.14. The second kappa shape index (κ2) is 9.62. The van der Waals surface area contributed by atoms with Crippen LogP contribution in [-0.2, 0) is 0 Å². The number of halogens is 1. The van der Waals surface area contributed by atoms with Gasteiger partial charge in [-0.25, -0.2) is 19.0 Å². The van der Waals surface area contributed by atoms with Crippen LogP contribution in [0.5, 0.6) is 0 Å². The summed E-state index contributed by atoms with van der Waals surface area (Å²) in [6.45, 7) is 7.74. The Morgan fingerprint density at radius 3 is 2.38 bits per heavy atom. The molecule has 2 aromatic heterocycles. The molecular weight excluding hydrogens is 431 g/mol. The first-order valence-electron chi connectivity index (χ1n) is 12.2. The highest BCUT2D eigenvalue weighted by atomic mass is 19.1. The topological polar surface area (TPSA) is 67.2 Å². The van der Waals surface area contributed by atoms with Gasteiger partial charge >= 0.3 is 0 Å². The molecule has 0 spiro atoms. The molecule has 178 valence electrons. The molecule has 1 aromatic carbocycles. The number of aryl methyl sites for hydroxylation is 1. The molecule has 4 heterocycles. The fraction of sp³-hybridized carbons (Fsp3) is 0.462. The molecule has 34 heavy (non-hydrogen) atoms. The van der Waals surface area contributed by atoms with Crippen LogP contribution in [0.4, 0.5) is 4.39 Å². The maximum atomic E-state index is 13.4. The molecule has 0 radical (unpaired) electrons. The minimum atomic E-state index is -0.290. The van der Waals surface area contributed by atoms with Crippen LogP contribution in [0.1, 0.15) is 53.7 Å². The van der Waals surface area contributed by atoms with Gasteiger partial charge in [-0.05, 0) is 82.4 Å². The fourth-order valence-corrected chi connectivity index (χ4v) is 5.14. The minimum absolute atomic E-state index is 0.0201. The average molecular weight is 463 g/mol. The van der Waals surface area contributed by atoms with Gasteiger partial charge in [0.2, 0.25) is 0 Å². The van der Waals surface area contributed by atoms with Gasteiger partial charge in [0.1, 0.15) is 5.82 Å². The third-order valence-corrected chi connectivity index (χ3v) is 7.17. The highest BCUT2D eigenvalue weighted by molar-refractivity contribution is 5.95. The summed E-state index contributed by atoms with van der Waals surface area (Å²) < 4.78 is 15.0. The molecule has 2 saturated heterocycles. The van der Waals surface area contributed by atoms with Crippen molar-refractivity contribution in [1.82, 2.24) is 29.5 Å². The van der Waals surface area contributed by atoms with Crippen molar-refractivity contribution < 1.29 is 9.18 Å². The summed E-state index contributed by atoms with van der Waals surface area (Å²) >= 11 is 0. The van der Waals surface area contributed by atoms with Gasteiger partial charge in [-0.3, -0.25) is 4.79 Å². The molecule has 0 unspecified atom stereocenters. The Labute approximate surface area is 199 Å². The molecule has 2 aliphatic rings. The van der Waals surface area contributed by atoms with Crippen molar-refractivity contribution >= 4 is 5.91 Å². The van der Waals surface area contributed by atoms with Crippen LogP contribution in [0.3, 0.4) is 0 Å². The van der Waals surface area contributed by atoms with E-state index in [1.54, 1.807) is 29.2 Å². The maximum absolute atomic E-state index is 13.4. The number of piperidine rings is 2. The summed E-state index contributed by atoms with van der Waals surface area (Å²) in [5, 5.41) is 4.44. The number of hydrogen-bond donors (Lipinski definition) is 0. The average Bonchev–Trinajstić information content (AvgIpc) is 3.26. The van der Waals surface area contributed by atoms with Crippen LogP contribution in [-0.4, -0.2) is 67.7 Å². The first-order valence-corrected chi connectivity index (χ1v) is 12.2. The Morgan fingerprint density at radius 2 is 1.68 bits per heavy atom. The van der Waals surface area contributed by atoms with Crippen LogP contribution in [0.15, 0.2) is 36.7 Å². The van der Waals surface area contributed by atoms with Gasteiger partial charge in [0.25, 0.3) is 11.9 Å². The molecule has 1 amide bonds. The van der Waals surface area contributed by atoms with Gasteiger partial charge in [-0.15, -0.1) is 0 Å². The molecule has 0 saturated carbocycles. The number of hydrogen-bond acceptors (Lipinski definition) is 5. The lowest BCUT2D eigenvalue weighted by Gasteiger charge is -2.40. The Bertz CT molecular complexity index is 1160. The van der Waals surface area contributed by atoms with E-state index in [1.807, 2.05) is 18.7 Å². The molecule has 3 aromatic rings. The van der Waals surface area contributed by atoms with Crippen LogP contribution in [0, 0.1) is 19.7 Å². The van der Waals surface area contributed by atoms with Gasteiger partial charge in [0.15, 0.2) is 0 Å². The SMILES string of the molecule is Cc1cnc(-n2ncc(C(=O)N3CCC(N4CCCCC4)CC3)c2C)nc1-c1ccc(F)cc1. The van der Waals surface area contributed by atoms with Crippen molar-refractivity contribution in [2.45, 2.75) is 52.0 Å². The van der Waals surface area contributed by atoms with Crippen molar-refractivity contribution in [1.29, 1.82) is 0 Å². The number of amides is 1. The number of carbonyl (C=O) groups is 1. The standard InChI is InChI=1S/C26H31FN6O/c1-18-16-28-26(30-24(18)20-6-8-21(27)9-7-20)33-19(2)23(17-29-33)25(34)32-14-10-22(11-15-32)31-12-4-3-5-13-31/h6-9,16-17,22H,3-5,10-15H2,1-2H3. The van der Waals surface area contributed by atoms with Gasteiger partial charge in [0.05, 0.1) is 23.1 Å². The van der Waals surface area contributed by atoms with Crippen molar-refractivity contribution in [2.24, 2.45) is 0 Å². The Hall–Kier alpha value is -3.13. The summed E-state index contributed by atoms with van der Waals surface area (Å²) in [6.07, 6.45) is 9.34. The van der Waals surface area contributed by atoms with Gasteiger partial charge in [-0.2, -0.15) is 5.10 Å². The largest absolute Gasteiger partial charge is 0.338 e. The first-order chi connectivity index (χ1) is 16.5. The zero-order valence-electron chi connectivity index (χ0n) is 19.9. The second-order valence-corrected chi connectivity index (χ2v) is 9.38. The third-order valence-electron chi connectivity index (χ3n) is 7.17. The van der Waals surface area contributed by atoms with E-state index in [2.05, 4.69) is 20.0 Å². The Balaban J connectivity index is 1.32. The van der Waals surface area contributed by atoms with Crippen LogP contribution in [0.25, 0.3) is 17.2 Å². The lowest BCUT2D eigenvalue weighted by Crippen LogP contribution is -2.48. The lowest BCUT2D eigenvalue weighted by molar-refractivity contribution is 0.0589. The summed E-state index contributed by atoms with van der Waals surface area (Å²) in [4.78, 5) is 27.0. The summed E-state index contributed by atoms with van der Waals surface area (Å²) in [6, 6.07) is 6.83. The molecular formula is C26H31FN6O. The van der Waals surface area contributed by atoms with E-state index in [0.29, 0.717) is 23.2 Å². The third kappa shape index (κ3) is 4.46. The van der Waals surface area contributed by atoms with Crippen LogP contribution < -0.4 is 0 Å². The van der Waals surface area contributed by atoms with E-state index < -0.39 is 0 Å². The number of likely N-dealkylation sites (tertiary alicyclic amines) is 2. The monoisotopic (exact) mass is 462 g/mol. The van der Waals surface area contributed by atoms with E-state index in [-0.39, 0.29) is 11.7 Å². The molecule has 0 aliphatic carbocycles. The predicted molar refractivity (Wildman–Crippen MR) is 128 cm³/mol. The minimum Gasteiger partial charge on any atom is -0.338 e. The van der Waals surface area contributed by atoms with Crippen LogP contribution >= 0.6 is 0 Å². The zero-order valence-corrected chi connectivity index (χ0v) is 19.9. The van der Waals surface area contributed by atoms with Gasteiger partial charge < -0.3 is 9.80 Å². The van der Waals surface area contributed by atoms with Gasteiger partial charge in [-0.1, -0.05) is 6.42 Å². The van der Waals surface area contributed by atoms with Crippen molar-refractivity contribution in [3.63, 3.8) is 0 Å². The normalized spacial score (nSPS) is 17.8. The molecule has 8 heteroatoms. The number of carbonyl (C=O) groups excluding carboxylic acids is 1. The zero-order chi connectivity index (χ0) is 23.7. The highest BCUT2D eigenvalue weighted by Gasteiger charge is 2.29. The Kier molecular flexibility index (Phi) is 6.41. The second-order valence-electron chi connectivity index (χ2n) is 9.38. The maximum Gasteiger partial charge on any atom is 0.257 e. The molecule has 2 aliphatic heterocycles. The number of rotatable bonds is 4. The van der Waals surface area contributed by atoms with Crippen LogP contribution in [0.2, 0.25) is 0 Å². The molecule has 0 N–H and O–H groups in total. The highest BCUT2D eigenvalue weighted by Crippen LogP contribution is 2.25. The number of aromatic nitrogens is 4. The number of benzene rings is 1. The summed E-state index contributed by atoms with van der Waals surface area (Å²) in [5.41, 5.74) is 3.71. The van der Waals surface area contributed by atoms with E-state index in [1.165, 1.54) is 44.5 Å². The summed E-state index contributed by atoms with van der Waals surface area (Å²) in [7, 11) is 0. The quantitative estimate of drug-likeness (QED) is 0.582. The van der Waals surface area contributed by atoms with Crippen molar-refractivity contribution in [3.8, 4) is 17.2 Å². The molecule has 5 rings (SSSR count). The molecule has 0 bridgehead atoms. The number of nitrogens with zero attached hydrogens (tertiary/aromatic N) is 6. The molecule has 7 nitrogen and oxygen atoms in total. The lowest BCUT2D eigenvalue weighted by atomic mass is 9.99. The van der Waals surface area contributed by atoms with Crippen molar-refractivity contribution in [3.05, 3.63) is 59.3 Å². The van der Waals surface area contributed by atoms with E-state index >= 15 is 0 Å². The molecule has 0 atom stereocenters. The molecule has 2 fully saturated rings. The van der Waals surface area contributed by atoms with E-state index in [9.17, 15) is 9.18 Å². The van der Waals surface area contributed by atoms with Crippen molar-refractivity contribution in [2.75, 3.05) is 26.2 Å². The Morgan fingerprint density at radius 1 is 0.971 bits per heavy atom. The van der Waals surface area contributed by atoms with E-state index in [4.69, 9.17) is 0 Å².